The smallest absolute Gasteiger partial charge is 0.327 e. The van der Waals surface area contributed by atoms with Gasteiger partial charge in [-0.1, -0.05) is 12.1 Å². The van der Waals surface area contributed by atoms with Gasteiger partial charge in [0.1, 0.15) is 11.8 Å². The molecule has 0 aliphatic rings. The van der Waals surface area contributed by atoms with Crippen LogP contribution in [0.4, 0.5) is 0 Å². The molecule has 6 heteroatoms. The normalized spacial score (nSPS) is 11.6. The number of carbonyl (C=O) groups excluding carboxylic acids is 2. The molecule has 108 valence electrons. The number of aliphatic carboxylic acids is 1. The summed E-state index contributed by atoms with van der Waals surface area (Å²) < 4.78 is 5.01. The van der Waals surface area contributed by atoms with E-state index in [0.29, 0.717) is 11.3 Å². The van der Waals surface area contributed by atoms with Crippen LogP contribution >= 0.6 is 0 Å². The minimum atomic E-state index is -1.22. The van der Waals surface area contributed by atoms with Gasteiger partial charge in [-0.3, -0.25) is 14.5 Å². The third-order valence-corrected chi connectivity index (χ3v) is 2.86. The number of carboxylic acids is 1. The van der Waals surface area contributed by atoms with Crippen LogP contribution in [-0.4, -0.2) is 40.9 Å². The van der Waals surface area contributed by atoms with Crippen molar-refractivity contribution in [3.63, 3.8) is 0 Å². The minimum Gasteiger partial charge on any atom is -0.497 e. The Hall–Kier alpha value is -2.37. The van der Waals surface area contributed by atoms with Crippen molar-refractivity contribution in [1.82, 2.24) is 4.90 Å². The largest absolute Gasteiger partial charge is 0.497 e. The van der Waals surface area contributed by atoms with Crippen molar-refractivity contribution in [2.45, 2.75) is 26.3 Å². The Morgan fingerprint density at radius 2 is 1.65 bits per heavy atom. The molecule has 0 saturated heterocycles. The van der Waals surface area contributed by atoms with Gasteiger partial charge in [0.25, 0.3) is 0 Å². The lowest BCUT2D eigenvalue weighted by molar-refractivity contribution is -0.156. The number of carbonyl (C=O) groups is 3. The van der Waals surface area contributed by atoms with Crippen LogP contribution in [0.3, 0.4) is 0 Å². The van der Waals surface area contributed by atoms with Crippen LogP contribution in [0.5, 0.6) is 5.75 Å². The fraction of sp³-hybridized carbons (Fsp3) is 0.357. The summed E-state index contributed by atoms with van der Waals surface area (Å²) in [4.78, 5) is 35.0. The summed E-state index contributed by atoms with van der Waals surface area (Å²) in [6.45, 7) is 2.34. The standard InChI is InChI=1S/C14H17NO5/c1-9(16)15(10(2)17)13(14(18)19)8-11-4-6-12(20-3)7-5-11/h4-7,13H,8H2,1-3H3,(H,18,19). The number of rotatable bonds is 5. The molecule has 0 aromatic heterocycles. The molecule has 0 fully saturated rings. The van der Waals surface area contributed by atoms with E-state index in [1.165, 1.54) is 21.0 Å². The molecule has 1 atom stereocenters. The fourth-order valence-corrected chi connectivity index (χ4v) is 1.93. The average molecular weight is 279 g/mol. The number of amides is 2. The zero-order valence-corrected chi connectivity index (χ0v) is 11.6. The maximum absolute atomic E-state index is 11.4. The van der Waals surface area contributed by atoms with Gasteiger partial charge in [0.2, 0.25) is 11.8 Å². The quantitative estimate of drug-likeness (QED) is 0.872. The maximum Gasteiger partial charge on any atom is 0.327 e. The van der Waals surface area contributed by atoms with Crippen LogP contribution in [0, 0.1) is 0 Å². The molecule has 0 aliphatic carbocycles. The van der Waals surface area contributed by atoms with Crippen molar-refractivity contribution in [2.24, 2.45) is 0 Å². The molecule has 1 N–H and O–H groups in total. The van der Waals surface area contributed by atoms with E-state index in [1.54, 1.807) is 24.3 Å². The van der Waals surface area contributed by atoms with Gasteiger partial charge in [-0.15, -0.1) is 0 Å². The topological polar surface area (TPSA) is 83.9 Å². The molecule has 0 saturated carbocycles. The van der Waals surface area contributed by atoms with Gasteiger partial charge < -0.3 is 9.84 Å². The molecule has 0 aliphatic heterocycles. The monoisotopic (exact) mass is 279 g/mol. The van der Waals surface area contributed by atoms with E-state index in [-0.39, 0.29) is 6.42 Å². The van der Waals surface area contributed by atoms with Crippen LogP contribution in [0.25, 0.3) is 0 Å². The second-order valence-corrected chi connectivity index (χ2v) is 4.31. The molecule has 2 amide bonds. The summed E-state index contributed by atoms with van der Waals surface area (Å²) in [6, 6.07) is 5.58. The number of imide groups is 1. The van der Waals surface area contributed by atoms with Gasteiger partial charge in [-0.25, -0.2) is 4.79 Å². The highest BCUT2D eigenvalue weighted by Crippen LogP contribution is 2.15. The SMILES string of the molecule is COc1ccc(CC(C(=O)O)N(C(C)=O)C(C)=O)cc1. The first-order valence-electron chi connectivity index (χ1n) is 6.03. The third kappa shape index (κ3) is 3.81. The Labute approximate surface area is 117 Å². The van der Waals surface area contributed by atoms with Gasteiger partial charge in [-0.05, 0) is 17.7 Å². The number of hydrogen-bond acceptors (Lipinski definition) is 4. The van der Waals surface area contributed by atoms with Crippen molar-refractivity contribution >= 4 is 17.8 Å². The number of methoxy groups -OCH3 is 1. The first-order valence-corrected chi connectivity index (χ1v) is 6.03. The number of ether oxygens (including phenoxy) is 1. The number of hydrogen-bond donors (Lipinski definition) is 1. The zero-order valence-electron chi connectivity index (χ0n) is 11.6. The average Bonchev–Trinajstić information content (AvgIpc) is 2.37. The molecule has 1 rings (SSSR count). The van der Waals surface area contributed by atoms with E-state index >= 15 is 0 Å². The van der Waals surface area contributed by atoms with E-state index in [4.69, 9.17) is 4.74 Å². The Morgan fingerprint density at radius 1 is 1.15 bits per heavy atom. The Bertz CT molecular complexity index is 495. The highest BCUT2D eigenvalue weighted by atomic mass is 16.5. The summed E-state index contributed by atoms with van der Waals surface area (Å²) in [5.74, 6) is -1.74. The Balaban J connectivity index is 2.99. The summed E-state index contributed by atoms with van der Waals surface area (Å²) >= 11 is 0. The molecule has 20 heavy (non-hydrogen) atoms. The Morgan fingerprint density at radius 3 is 2.00 bits per heavy atom. The number of carboxylic acid groups (broad SMARTS) is 1. The van der Waals surface area contributed by atoms with E-state index in [9.17, 15) is 19.5 Å². The number of benzene rings is 1. The molecule has 1 unspecified atom stereocenters. The lowest BCUT2D eigenvalue weighted by Gasteiger charge is -2.25. The second-order valence-electron chi connectivity index (χ2n) is 4.31. The van der Waals surface area contributed by atoms with Gasteiger partial charge in [-0.2, -0.15) is 0 Å². The highest BCUT2D eigenvalue weighted by Gasteiger charge is 2.30. The van der Waals surface area contributed by atoms with Crippen LogP contribution in [0.15, 0.2) is 24.3 Å². The van der Waals surface area contributed by atoms with E-state index < -0.39 is 23.8 Å². The number of nitrogens with zero attached hydrogens (tertiary/aromatic N) is 1. The molecule has 0 bridgehead atoms. The van der Waals surface area contributed by atoms with Crippen molar-refractivity contribution < 1.29 is 24.2 Å². The van der Waals surface area contributed by atoms with Crippen molar-refractivity contribution in [1.29, 1.82) is 0 Å². The van der Waals surface area contributed by atoms with Crippen molar-refractivity contribution in [2.75, 3.05) is 7.11 Å². The van der Waals surface area contributed by atoms with Gasteiger partial charge >= 0.3 is 5.97 Å². The lowest BCUT2D eigenvalue weighted by atomic mass is 10.0. The Kier molecular flexibility index (Phi) is 5.25. The minimum absolute atomic E-state index is 0.0541. The van der Waals surface area contributed by atoms with E-state index in [1.807, 2.05) is 0 Å². The molecular weight excluding hydrogens is 262 g/mol. The van der Waals surface area contributed by atoms with Crippen molar-refractivity contribution in [3.05, 3.63) is 29.8 Å². The lowest BCUT2D eigenvalue weighted by Crippen LogP contribution is -2.48. The molecule has 0 spiro atoms. The zero-order chi connectivity index (χ0) is 15.3. The van der Waals surface area contributed by atoms with Gasteiger partial charge in [0, 0.05) is 20.3 Å². The first kappa shape index (κ1) is 15.7. The molecular formula is C14H17NO5. The highest BCUT2D eigenvalue weighted by molar-refractivity contribution is 5.97. The third-order valence-electron chi connectivity index (χ3n) is 2.86. The van der Waals surface area contributed by atoms with Crippen LogP contribution in [-0.2, 0) is 20.8 Å². The molecule has 0 radical (unpaired) electrons. The van der Waals surface area contributed by atoms with Crippen LogP contribution < -0.4 is 4.74 Å². The van der Waals surface area contributed by atoms with Crippen molar-refractivity contribution in [3.8, 4) is 5.75 Å². The summed E-state index contributed by atoms with van der Waals surface area (Å²) in [5.41, 5.74) is 0.700. The molecule has 1 aromatic rings. The van der Waals surface area contributed by atoms with E-state index in [2.05, 4.69) is 0 Å². The summed E-state index contributed by atoms with van der Waals surface area (Å²) in [5, 5.41) is 9.23. The van der Waals surface area contributed by atoms with Crippen LogP contribution in [0.2, 0.25) is 0 Å². The fourth-order valence-electron chi connectivity index (χ4n) is 1.93. The summed E-state index contributed by atoms with van der Waals surface area (Å²) in [7, 11) is 1.53. The second kappa shape index (κ2) is 6.70. The molecule has 0 heterocycles. The molecule has 6 nitrogen and oxygen atoms in total. The van der Waals surface area contributed by atoms with Gasteiger partial charge in [0.15, 0.2) is 0 Å². The molecule has 1 aromatic carbocycles. The van der Waals surface area contributed by atoms with Gasteiger partial charge in [0.05, 0.1) is 7.11 Å². The maximum atomic E-state index is 11.4. The van der Waals surface area contributed by atoms with Crippen LogP contribution in [0.1, 0.15) is 19.4 Å². The predicted molar refractivity (Wildman–Crippen MR) is 71.3 cm³/mol. The first-order chi connectivity index (χ1) is 9.36. The summed E-state index contributed by atoms with van der Waals surface area (Å²) in [6.07, 6.45) is 0.0541. The predicted octanol–water partition coefficient (Wildman–Crippen LogP) is 1.09. The van der Waals surface area contributed by atoms with E-state index in [0.717, 1.165) is 4.90 Å².